The van der Waals surface area contributed by atoms with E-state index < -0.39 is 6.04 Å². The van der Waals surface area contributed by atoms with Crippen LogP contribution in [0.1, 0.15) is 34.6 Å². The van der Waals surface area contributed by atoms with Crippen LogP contribution in [0.4, 0.5) is 0 Å². The summed E-state index contributed by atoms with van der Waals surface area (Å²) < 4.78 is 1.63. The number of rotatable bonds is 2. The van der Waals surface area contributed by atoms with E-state index in [2.05, 4.69) is 20.7 Å². The lowest BCUT2D eigenvalue weighted by molar-refractivity contribution is -0.124. The quantitative estimate of drug-likeness (QED) is 0.834. The maximum absolute atomic E-state index is 12.4. The van der Waals surface area contributed by atoms with E-state index in [1.807, 2.05) is 19.9 Å². The first-order chi connectivity index (χ1) is 10.1. The van der Waals surface area contributed by atoms with E-state index in [4.69, 9.17) is 0 Å². The van der Waals surface area contributed by atoms with E-state index in [0.29, 0.717) is 24.2 Å². The van der Waals surface area contributed by atoms with Crippen LogP contribution in [0.3, 0.4) is 0 Å². The average Bonchev–Trinajstić information content (AvgIpc) is 2.85. The van der Waals surface area contributed by atoms with E-state index in [0.717, 1.165) is 17.8 Å². The molecule has 110 valence electrons. The SMILES string of the molecule is Cc1cc(C)n2ncc(C(=O)N[C@@H]3CCCNC3=O)c2n1. The number of piperidine rings is 1. The smallest absolute Gasteiger partial charge is 0.257 e. The zero-order chi connectivity index (χ0) is 15.0. The number of hydrogen-bond acceptors (Lipinski definition) is 4. The fourth-order valence-electron chi connectivity index (χ4n) is 2.58. The first-order valence-electron chi connectivity index (χ1n) is 6.97. The van der Waals surface area contributed by atoms with Crippen LogP contribution in [0.5, 0.6) is 0 Å². The Labute approximate surface area is 121 Å². The fourth-order valence-corrected chi connectivity index (χ4v) is 2.58. The van der Waals surface area contributed by atoms with Crippen molar-refractivity contribution in [3.05, 3.63) is 29.2 Å². The zero-order valence-electron chi connectivity index (χ0n) is 12.0. The molecule has 7 nitrogen and oxygen atoms in total. The lowest BCUT2D eigenvalue weighted by atomic mass is 10.1. The van der Waals surface area contributed by atoms with Crippen molar-refractivity contribution in [1.82, 2.24) is 25.2 Å². The van der Waals surface area contributed by atoms with Gasteiger partial charge in [0, 0.05) is 17.9 Å². The minimum Gasteiger partial charge on any atom is -0.354 e. The number of carbonyl (C=O) groups excluding carboxylic acids is 2. The van der Waals surface area contributed by atoms with Gasteiger partial charge in [-0.25, -0.2) is 9.50 Å². The van der Waals surface area contributed by atoms with Gasteiger partial charge >= 0.3 is 0 Å². The minimum atomic E-state index is -0.480. The third-order valence-electron chi connectivity index (χ3n) is 3.61. The van der Waals surface area contributed by atoms with Crippen molar-refractivity contribution >= 4 is 17.5 Å². The second-order valence-corrected chi connectivity index (χ2v) is 5.29. The Kier molecular flexibility index (Phi) is 3.32. The predicted octanol–water partition coefficient (Wildman–Crippen LogP) is 0.355. The molecule has 1 aliphatic heterocycles. The zero-order valence-corrected chi connectivity index (χ0v) is 12.0. The number of carbonyl (C=O) groups is 2. The molecular formula is C14H17N5O2. The molecular weight excluding hydrogens is 270 g/mol. The molecule has 0 aliphatic carbocycles. The Hall–Kier alpha value is -2.44. The third-order valence-corrected chi connectivity index (χ3v) is 3.61. The van der Waals surface area contributed by atoms with Crippen molar-refractivity contribution in [2.75, 3.05) is 6.54 Å². The summed E-state index contributed by atoms with van der Waals surface area (Å²) in [6, 6.07) is 1.42. The molecule has 2 amide bonds. The van der Waals surface area contributed by atoms with Gasteiger partial charge in [0.15, 0.2) is 5.65 Å². The highest BCUT2D eigenvalue weighted by Crippen LogP contribution is 2.13. The maximum Gasteiger partial charge on any atom is 0.257 e. The number of nitrogens with one attached hydrogen (secondary N) is 2. The van der Waals surface area contributed by atoms with Gasteiger partial charge in [0.05, 0.1) is 6.20 Å². The van der Waals surface area contributed by atoms with Gasteiger partial charge in [0.2, 0.25) is 5.91 Å². The average molecular weight is 287 g/mol. The first kappa shape index (κ1) is 13.5. The molecule has 1 fully saturated rings. The summed E-state index contributed by atoms with van der Waals surface area (Å²) in [5, 5.41) is 9.69. The molecule has 7 heteroatoms. The topological polar surface area (TPSA) is 88.4 Å². The van der Waals surface area contributed by atoms with Crippen molar-refractivity contribution in [1.29, 1.82) is 0 Å². The maximum atomic E-state index is 12.4. The molecule has 1 atom stereocenters. The summed E-state index contributed by atoms with van der Waals surface area (Å²) in [5.74, 6) is -0.448. The summed E-state index contributed by atoms with van der Waals surface area (Å²) >= 11 is 0. The molecule has 2 aromatic heterocycles. The summed E-state index contributed by atoms with van der Waals surface area (Å²) in [6.07, 6.45) is 3.01. The first-order valence-corrected chi connectivity index (χ1v) is 6.97. The van der Waals surface area contributed by atoms with Crippen molar-refractivity contribution in [2.45, 2.75) is 32.7 Å². The van der Waals surface area contributed by atoms with Crippen LogP contribution in [-0.4, -0.2) is 39.0 Å². The summed E-state index contributed by atoms with van der Waals surface area (Å²) in [6.45, 7) is 4.45. The minimum absolute atomic E-state index is 0.133. The number of amides is 2. The molecule has 0 saturated carbocycles. The van der Waals surface area contributed by atoms with Gasteiger partial charge < -0.3 is 10.6 Å². The van der Waals surface area contributed by atoms with Crippen LogP contribution in [0.15, 0.2) is 12.3 Å². The van der Waals surface area contributed by atoms with Gasteiger partial charge in [-0.1, -0.05) is 0 Å². The van der Waals surface area contributed by atoms with E-state index in [-0.39, 0.29) is 11.8 Å². The lowest BCUT2D eigenvalue weighted by Gasteiger charge is -2.22. The summed E-state index contributed by atoms with van der Waals surface area (Å²) in [5.41, 5.74) is 2.64. The Morgan fingerprint density at radius 3 is 3.05 bits per heavy atom. The highest BCUT2D eigenvalue weighted by molar-refractivity contribution is 6.02. The molecule has 0 unspecified atom stereocenters. The summed E-state index contributed by atoms with van der Waals surface area (Å²) in [4.78, 5) is 28.4. The van der Waals surface area contributed by atoms with E-state index in [1.54, 1.807) is 4.52 Å². The van der Waals surface area contributed by atoms with E-state index in [1.165, 1.54) is 6.20 Å². The number of nitrogens with zero attached hydrogens (tertiary/aromatic N) is 3. The van der Waals surface area contributed by atoms with Gasteiger partial charge in [-0.05, 0) is 32.8 Å². The molecule has 0 bridgehead atoms. The molecule has 1 saturated heterocycles. The molecule has 2 aromatic rings. The number of fused-ring (bicyclic) bond motifs is 1. The monoisotopic (exact) mass is 287 g/mol. The van der Waals surface area contributed by atoms with Crippen molar-refractivity contribution in [3.63, 3.8) is 0 Å². The lowest BCUT2D eigenvalue weighted by Crippen LogP contribution is -2.50. The van der Waals surface area contributed by atoms with E-state index >= 15 is 0 Å². The Balaban J connectivity index is 1.89. The van der Waals surface area contributed by atoms with Crippen LogP contribution in [0, 0.1) is 13.8 Å². The molecule has 0 aromatic carbocycles. The second-order valence-electron chi connectivity index (χ2n) is 5.29. The van der Waals surface area contributed by atoms with Crippen molar-refractivity contribution < 1.29 is 9.59 Å². The van der Waals surface area contributed by atoms with Crippen LogP contribution in [-0.2, 0) is 4.79 Å². The molecule has 21 heavy (non-hydrogen) atoms. The van der Waals surface area contributed by atoms with Gasteiger partial charge in [-0.3, -0.25) is 9.59 Å². The molecule has 3 heterocycles. The fraction of sp³-hybridized carbons (Fsp3) is 0.429. The Morgan fingerprint density at radius 2 is 2.29 bits per heavy atom. The normalized spacial score (nSPS) is 18.6. The number of aryl methyl sites for hydroxylation is 2. The number of aromatic nitrogens is 3. The van der Waals surface area contributed by atoms with Gasteiger partial charge in [-0.2, -0.15) is 5.10 Å². The molecule has 0 spiro atoms. The standard InChI is InChI=1S/C14H17N5O2/c1-8-6-9(2)19-12(17-8)10(7-16-19)13(20)18-11-4-3-5-15-14(11)21/h6-7,11H,3-5H2,1-2H3,(H,15,21)(H,18,20)/t11-/m1/s1. The number of hydrogen-bond donors (Lipinski definition) is 2. The second kappa shape index (κ2) is 5.16. The highest BCUT2D eigenvalue weighted by Gasteiger charge is 2.25. The third kappa shape index (κ3) is 2.46. The Morgan fingerprint density at radius 1 is 1.48 bits per heavy atom. The molecule has 2 N–H and O–H groups in total. The largest absolute Gasteiger partial charge is 0.354 e. The van der Waals surface area contributed by atoms with Crippen molar-refractivity contribution in [2.24, 2.45) is 0 Å². The molecule has 1 aliphatic rings. The van der Waals surface area contributed by atoms with E-state index in [9.17, 15) is 9.59 Å². The van der Waals surface area contributed by atoms with Gasteiger partial charge in [0.1, 0.15) is 11.6 Å². The van der Waals surface area contributed by atoms with Crippen molar-refractivity contribution in [3.8, 4) is 0 Å². The Bertz CT molecular complexity index is 721. The molecule has 3 rings (SSSR count). The predicted molar refractivity (Wildman–Crippen MR) is 76.0 cm³/mol. The van der Waals surface area contributed by atoms with Crippen LogP contribution in [0.25, 0.3) is 5.65 Å². The summed E-state index contributed by atoms with van der Waals surface area (Å²) in [7, 11) is 0. The van der Waals surface area contributed by atoms with Gasteiger partial charge in [-0.15, -0.1) is 0 Å². The highest BCUT2D eigenvalue weighted by atomic mass is 16.2. The molecule has 0 radical (unpaired) electrons. The van der Waals surface area contributed by atoms with Crippen LogP contribution in [0.2, 0.25) is 0 Å². The van der Waals surface area contributed by atoms with Gasteiger partial charge in [0.25, 0.3) is 5.91 Å². The van der Waals surface area contributed by atoms with Crippen LogP contribution < -0.4 is 10.6 Å². The van der Waals surface area contributed by atoms with Crippen LogP contribution >= 0.6 is 0 Å².